The van der Waals surface area contributed by atoms with E-state index in [0.717, 1.165) is 26.9 Å². The number of benzene rings is 3. The van der Waals surface area contributed by atoms with Gasteiger partial charge in [-0.1, -0.05) is 42.0 Å². The summed E-state index contributed by atoms with van der Waals surface area (Å²) in [5, 5.41) is 3.97. The summed E-state index contributed by atoms with van der Waals surface area (Å²) in [6.45, 7) is 2.53. The molecular weight excluding hydrogens is 435 g/mol. The number of aryl methyl sites for hydroxylation is 1. The third-order valence-corrected chi connectivity index (χ3v) is 4.73. The van der Waals surface area contributed by atoms with Gasteiger partial charge in [0.25, 0.3) is 0 Å². The molecule has 0 saturated heterocycles. The summed E-state index contributed by atoms with van der Waals surface area (Å²) < 4.78 is 19.5. The van der Waals surface area contributed by atoms with Gasteiger partial charge >= 0.3 is 0 Å². The highest BCUT2D eigenvalue weighted by molar-refractivity contribution is 9.10. The molecule has 0 radical (unpaired) electrons. The van der Waals surface area contributed by atoms with Crippen molar-refractivity contribution in [2.75, 3.05) is 0 Å². The highest BCUT2D eigenvalue weighted by Gasteiger charge is 2.04. The Balaban J connectivity index is 1.52. The Morgan fingerprint density at radius 1 is 1.10 bits per heavy atom. The molecular formula is C23H20BrFN2O2. The molecule has 4 nitrogen and oxygen atoms in total. The first kappa shape index (κ1) is 20.7. The summed E-state index contributed by atoms with van der Waals surface area (Å²) in [6, 6.07) is 19.5. The van der Waals surface area contributed by atoms with Crippen LogP contribution in [-0.4, -0.2) is 12.1 Å². The first-order valence-electron chi connectivity index (χ1n) is 9.04. The van der Waals surface area contributed by atoms with E-state index < -0.39 is 0 Å². The minimum Gasteiger partial charge on any atom is -0.488 e. The molecule has 0 atom stereocenters. The summed E-state index contributed by atoms with van der Waals surface area (Å²) in [4.78, 5) is 11.9. The number of hydrazone groups is 1. The van der Waals surface area contributed by atoms with E-state index in [1.165, 1.54) is 17.7 Å². The largest absolute Gasteiger partial charge is 0.488 e. The molecule has 3 aromatic rings. The van der Waals surface area contributed by atoms with Crippen LogP contribution in [0.15, 0.2) is 76.3 Å². The van der Waals surface area contributed by atoms with E-state index in [1.54, 1.807) is 18.3 Å². The molecule has 6 heteroatoms. The van der Waals surface area contributed by atoms with Crippen LogP contribution in [0, 0.1) is 12.7 Å². The van der Waals surface area contributed by atoms with Gasteiger partial charge in [0, 0.05) is 0 Å². The van der Waals surface area contributed by atoms with Crippen molar-refractivity contribution in [2.24, 2.45) is 5.10 Å². The van der Waals surface area contributed by atoms with Gasteiger partial charge in [-0.05, 0) is 69.9 Å². The van der Waals surface area contributed by atoms with Crippen molar-refractivity contribution in [1.82, 2.24) is 5.43 Å². The molecule has 29 heavy (non-hydrogen) atoms. The van der Waals surface area contributed by atoms with E-state index in [9.17, 15) is 9.18 Å². The standard InChI is InChI=1S/C23H20BrFN2O2/c1-16-3-2-4-19(11-16)15-29-22-10-7-18(12-21(22)24)14-26-27-23(28)13-17-5-8-20(25)9-6-17/h2-12,14H,13,15H2,1H3,(H,27,28)/b26-14+. The number of halogens is 2. The number of nitrogens with zero attached hydrogens (tertiary/aromatic N) is 1. The number of carbonyl (C=O) groups is 1. The number of rotatable bonds is 7. The molecule has 3 rings (SSSR count). The SMILES string of the molecule is Cc1cccc(COc2ccc(/C=N/NC(=O)Cc3ccc(F)cc3)cc2Br)c1. The van der Waals surface area contributed by atoms with Gasteiger partial charge in [-0.15, -0.1) is 0 Å². The molecule has 0 aliphatic carbocycles. The van der Waals surface area contributed by atoms with Crippen molar-refractivity contribution in [3.8, 4) is 5.75 Å². The Kier molecular flexibility index (Phi) is 7.14. The van der Waals surface area contributed by atoms with Gasteiger partial charge in [-0.25, -0.2) is 9.82 Å². The minimum absolute atomic E-state index is 0.132. The molecule has 1 amide bonds. The third kappa shape index (κ3) is 6.54. The van der Waals surface area contributed by atoms with Crippen LogP contribution < -0.4 is 10.2 Å². The van der Waals surface area contributed by atoms with Crippen LogP contribution >= 0.6 is 15.9 Å². The molecule has 0 fully saturated rings. The summed E-state index contributed by atoms with van der Waals surface area (Å²) in [7, 11) is 0. The zero-order valence-electron chi connectivity index (χ0n) is 15.9. The summed E-state index contributed by atoms with van der Waals surface area (Å²) in [5.74, 6) is 0.123. The van der Waals surface area contributed by atoms with Crippen LogP contribution in [0.1, 0.15) is 22.3 Å². The second-order valence-electron chi connectivity index (χ2n) is 6.56. The van der Waals surface area contributed by atoms with Crippen molar-refractivity contribution in [1.29, 1.82) is 0 Å². The smallest absolute Gasteiger partial charge is 0.244 e. The minimum atomic E-state index is -0.330. The summed E-state index contributed by atoms with van der Waals surface area (Å²) in [6.07, 6.45) is 1.69. The highest BCUT2D eigenvalue weighted by atomic mass is 79.9. The Morgan fingerprint density at radius 2 is 1.90 bits per heavy atom. The molecule has 0 aliphatic heterocycles. The van der Waals surface area contributed by atoms with Crippen LogP contribution in [0.2, 0.25) is 0 Å². The van der Waals surface area contributed by atoms with Gasteiger partial charge in [0.2, 0.25) is 5.91 Å². The van der Waals surface area contributed by atoms with Crippen molar-refractivity contribution in [3.05, 3.63) is 99.3 Å². The predicted octanol–water partition coefficient (Wildman–Crippen LogP) is 5.17. The van der Waals surface area contributed by atoms with Gasteiger partial charge < -0.3 is 4.74 Å². The maximum absolute atomic E-state index is 12.9. The van der Waals surface area contributed by atoms with Crippen LogP contribution in [0.3, 0.4) is 0 Å². The lowest BCUT2D eigenvalue weighted by atomic mass is 10.1. The van der Waals surface area contributed by atoms with Crippen LogP contribution in [0.25, 0.3) is 0 Å². The highest BCUT2D eigenvalue weighted by Crippen LogP contribution is 2.26. The molecule has 1 N–H and O–H groups in total. The van der Waals surface area contributed by atoms with Crippen molar-refractivity contribution in [3.63, 3.8) is 0 Å². The molecule has 0 spiro atoms. The Labute approximate surface area is 177 Å². The fourth-order valence-electron chi connectivity index (χ4n) is 2.68. The summed E-state index contributed by atoms with van der Waals surface area (Å²) in [5.41, 5.74) is 6.29. The Bertz CT molecular complexity index is 1020. The van der Waals surface area contributed by atoms with E-state index in [0.29, 0.717) is 6.61 Å². The number of hydrogen-bond donors (Lipinski definition) is 1. The number of amides is 1. The van der Waals surface area contributed by atoms with E-state index in [4.69, 9.17) is 4.74 Å². The first-order valence-corrected chi connectivity index (χ1v) is 9.83. The zero-order chi connectivity index (χ0) is 20.6. The van der Waals surface area contributed by atoms with E-state index in [1.807, 2.05) is 43.3 Å². The van der Waals surface area contributed by atoms with E-state index in [-0.39, 0.29) is 18.1 Å². The molecule has 0 saturated carbocycles. The van der Waals surface area contributed by atoms with Gasteiger partial charge in [-0.3, -0.25) is 4.79 Å². The molecule has 0 bridgehead atoms. The second-order valence-corrected chi connectivity index (χ2v) is 7.42. The summed E-state index contributed by atoms with van der Waals surface area (Å²) >= 11 is 3.50. The lowest BCUT2D eigenvalue weighted by Gasteiger charge is -2.09. The maximum Gasteiger partial charge on any atom is 0.244 e. The Morgan fingerprint density at radius 3 is 2.62 bits per heavy atom. The lowest BCUT2D eigenvalue weighted by Crippen LogP contribution is -2.19. The molecule has 3 aromatic carbocycles. The van der Waals surface area contributed by atoms with Crippen LogP contribution in [-0.2, 0) is 17.8 Å². The number of nitrogens with one attached hydrogen (secondary N) is 1. The predicted molar refractivity (Wildman–Crippen MR) is 115 cm³/mol. The number of ether oxygens (including phenoxy) is 1. The van der Waals surface area contributed by atoms with Crippen molar-refractivity contribution >= 4 is 28.1 Å². The molecule has 0 unspecified atom stereocenters. The third-order valence-electron chi connectivity index (χ3n) is 4.11. The number of hydrogen-bond acceptors (Lipinski definition) is 3. The van der Waals surface area contributed by atoms with Crippen LogP contribution in [0.5, 0.6) is 5.75 Å². The maximum atomic E-state index is 12.9. The monoisotopic (exact) mass is 454 g/mol. The second kappa shape index (κ2) is 9.98. The van der Waals surface area contributed by atoms with Gasteiger partial charge in [0.15, 0.2) is 0 Å². The van der Waals surface area contributed by atoms with E-state index in [2.05, 4.69) is 32.5 Å². The fourth-order valence-corrected chi connectivity index (χ4v) is 3.19. The quantitative estimate of drug-likeness (QED) is 0.395. The fraction of sp³-hybridized carbons (Fsp3) is 0.130. The van der Waals surface area contributed by atoms with Gasteiger partial charge in [0.1, 0.15) is 18.2 Å². The zero-order valence-corrected chi connectivity index (χ0v) is 17.4. The molecule has 148 valence electrons. The number of carbonyl (C=O) groups excluding carboxylic acids is 1. The molecule has 0 heterocycles. The van der Waals surface area contributed by atoms with Gasteiger partial charge in [-0.2, -0.15) is 5.10 Å². The lowest BCUT2D eigenvalue weighted by molar-refractivity contribution is -0.120. The average Bonchev–Trinajstić information content (AvgIpc) is 2.69. The van der Waals surface area contributed by atoms with Gasteiger partial charge in [0.05, 0.1) is 17.1 Å². The normalized spacial score (nSPS) is 10.9. The van der Waals surface area contributed by atoms with E-state index >= 15 is 0 Å². The molecule has 0 aliphatic rings. The average molecular weight is 455 g/mol. The van der Waals surface area contributed by atoms with Crippen LogP contribution in [0.4, 0.5) is 4.39 Å². The first-order chi connectivity index (χ1) is 14.0. The molecule has 0 aromatic heterocycles. The van der Waals surface area contributed by atoms with Crippen molar-refractivity contribution in [2.45, 2.75) is 20.0 Å². The topological polar surface area (TPSA) is 50.7 Å². The Hall–Kier alpha value is -2.99. The van der Waals surface area contributed by atoms with Crippen molar-refractivity contribution < 1.29 is 13.9 Å².